The minimum Gasteiger partial charge on any atom is -0.334 e. The van der Waals surface area contributed by atoms with Crippen molar-refractivity contribution in [1.29, 1.82) is 0 Å². The summed E-state index contributed by atoms with van der Waals surface area (Å²) in [5.41, 5.74) is 4.85. The quantitative estimate of drug-likeness (QED) is 0.564. The predicted octanol–water partition coefficient (Wildman–Crippen LogP) is 4.24. The molecule has 5 rings (SSSR count). The lowest BCUT2D eigenvalue weighted by Crippen LogP contribution is -2.29. The molecule has 1 unspecified atom stereocenters. The summed E-state index contributed by atoms with van der Waals surface area (Å²) in [6.07, 6.45) is 0. The van der Waals surface area contributed by atoms with E-state index in [1.807, 2.05) is 66.4 Å². The van der Waals surface area contributed by atoms with Gasteiger partial charge in [-0.2, -0.15) is 5.10 Å². The van der Waals surface area contributed by atoms with Crippen LogP contribution in [0.3, 0.4) is 0 Å². The molecular weight excluding hydrogens is 374 g/mol. The molecule has 30 heavy (non-hydrogen) atoms. The lowest BCUT2D eigenvalue weighted by Gasteiger charge is -2.21. The first-order chi connectivity index (χ1) is 14.6. The third kappa shape index (κ3) is 3.08. The molecule has 1 atom stereocenters. The number of amides is 1. The standard InChI is InChI=1S/C25H21N3O2/c1-16(25(30)28-14-19-6-2-3-7-20(19)15-28)17-10-12-18(13-11-17)23-21-8-4-5-9-22(21)24(29)27-26-23/h2-13,16H,14-15H2,1H3,(H,27,29). The molecule has 1 amide bonds. The normalized spacial score (nSPS) is 14.0. The number of nitrogens with one attached hydrogen (secondary N) is 1. The third-order valence-electron chi connectivity index (χ3n) is 5.90. The van der Waals surface area contributed by atoms with Crippen LogP contribution >= 0.6 is 0 Å². The van der Waals surface area contributed by atoms with Gasteiger partial charge in [-0.1, -0.05) is 66.7 Å². The first-order valence-corrected chi connectivity index (χ1v) is 10.0. The Balaban J connectivity index is 1.40. The van der Waals surface area contributed by atoms with Crippen LogP contribution in [0.1, 0.15) is 29.5 Å². The predicted molar refractivity (Wildman–Crippen MR) is 117 cm³/mol. The van der Waals surface area contributed by atoms with Gasteiger partial charge in [-0.3, -0.25) is 9.59 Å². The lowest BCUT2D eigenvalue weighted by molar-refractivity contribution is -0.133. The van der Waals surface area contributed by atoms with Gasteiger partial charge in [0.25, 0.3) is 5.56 Å². The van der Waals surface area contributed by atoms with Gasteiger partial charge in [0.2, 0.25) is 5.91 Å². The van der Waals surface area contributed by atoms with Crippen LogP contribution in [0.15, 0.2) is 77.6 Å². The zero-order chi connectivity index (χ0) is 20.7. The monoisotopic (exact) mass is 395 g/mol. The van der Waals surface area contributed by atoms with Crippen LogP contribution in [0.5, 0.6) is 0 Å². The smallest absolute Gasteiger partial charge is 0.272 e. The van der Waals surface area contributed by atoms with Gasteiger partial charge in [-0.25, -0.2) is 5.10 Å². The zero-order valence-corrected chi connectivity index (χ0v) is 16.6. The average molecular weight is 395 g/mol. The summed E-state index contributed by atoms with van der Waals surface area (Å²) in [6.45, 7) is 3.30. The largest absolute Gasteiger partial charge is 0.334 e. The highest BCUT2D eigenvalue weighted by Gasteiger charge is 2.27. The van der Waals surface area contributed by atoms with E-state index < -0.39 is 0 Å². The molecule has 2 heterocycles. The summed E-state index contributed by atoms with van der Waals surface area (Å²) in [5.74, 6) is -0.0970. The molecule has 1 aliphatic heterocycles. The van der Waals surface area contributed by atoms with Gasteiger partial charge in [-0.05, 0) is 29.7 Å². The number of aromatic amines is 1. The van der Waals surface area contributed by atoms with Crippen LogP contribution in [-0.2, 0) is 17.9 Å². The van der Waals surface area contributed by atoms with Crippen LogP contribution < -0.4 is 5.56 Å². The summed E-state index contributed by atoms with van der Waals surface area (Å²) in [5, 5.41) is 8.26. The Morgan fingerprint density at radius 1 is 0.900 bits per heavy atom. The van der Waals surface area contributed by atoms with Gasteiger partial charge in [0.05, 0.1) is 17.0 Å². The van der Waals surface area contributed by atoms with Crippen molar-refractivity contribution in [2.45, 2.75) is 25.9 Å². The van der Waals surface area contributed by atoms with Crippen molar-refractivity contribution < 1.29 is 4.79 Å². The number of fused-ring (bicyclic) bond motifs is 2. The van der Waals surface area contributed by atoms with E-state index >= 15 is 0 Å². The van der Waals surface area contributed by atoms with Crippen molar-refractivity contribution in [3.05, 3.63) is 99.8 Å². The van der Waals surface area contributed by atoms with E-state index in [9.17, 15) is 9.59 Å². The molecule has 0 radical (unpaired) electrons. The summed E-state index contributed by atoms with van der Waals surface area (Å²) in [6, 6.07) is 23.5. The molecule has 5 nitrogen and oxygen atoms in total. The van der Waals surface area contributed by atoms with E-state index in [1.165, 1.54) is 11.1 Å². The third-order valence-corrected chi connectivity index (χ3v) is 5.90. The minimum absolute atomic E-state index is 0.131. The summed E-state index contributed by atoms with van der Waals surface area (Å²) in [4.78, 5) is 27.0. The Hall–Kier alpha value is -3.73. The van der Waals surface area contributed by atoms with E-state index in [0.717, 1.165) is 22.2 Å². The zero-order valence-electron chi connectivity index (χ0n) is 16.6. The molecule has 0 spiro atoms. The highest BCUT2D eigenvalue weighted by atomic mass is 16.2. The van der Waals surface area contributed by atoms with Crippen molar-refractivity contribution in [3.8, 4) is 11.3 Å². The van der Waals surface area contributed by atoms with Crippen LogP contribution in [0.4, 0.5) is 0 Å². The SMILES string of the molecule is CC(C(=O)N1Cc2ccccc2C1)c1ccc(-c2n[nH]c(=O)c3ccccc23)cc1. The molecule has 1 aliphatic rings. The molecule has 1 N–H and O–H groups in total. The summed E-state index contributed by atoms with van der Waals surface area (Å²) in [7, 11) is 0. The Morgan fingerprint density at radius 2 is 1.50 bits per heavy atom. The maximum absolute atomic E-state index is 13.1. The van der Waals surface area contributed by atoms with Gasteiger partial charge in [-0.15, -0.1) is 0 Å². The molecule has 0 saturated heterocycles. The Kier molecular flexibility index (Phi) is 4.43. The van der Waals surface area contributed by atoms with Crippen molar-refractivity contribution in [2.24, 2.45) is 0 Å². The molecule has 0 bridgehead atoms. The van der Waals surface area contributed by atoms with Crippen molar-refractivity contribution in [3.63, 3.8) is 0 Å². The van der Waals surface area contributed by atoms with Gasteiger partial charge in [0.15, 0.2) is 0 Å². The number of benzene rings is 3. The van der Waals surface area contributed by atoms with Crippen molar-refractivity contribution in [1.82, 2.24) is 15.1 Å². The van der Waals surface area contributed by atoms with Gasteiger partial charge in [0, 0.05) is 24.0 Å². The maximum atomic E-state index is 13.1. The molecule has 3 aromatic carbocycles. The molecule has 1 aromatic heterocycles. The van der Waals surface area contributed by atoms with Crippen LogP contribution in [0, 0.1) is 0 Å². The van der Waals surface area contributed by atoms with Crippen LogP contribution in [0.2, 0.25) is 0 Å². The summed E-state index contributed by atoms with van der Waals surface area (Å²) < 4.78 is 0. The fourth-order valence-electron chi connectivity index (χ4n) is 4.17. The number of carbonyl (C=O) groups excluding carboxylic acids is 1. The Labute approximate surface area is 174 Å². The number of hydrogen-bond acceptors (Lipinski definition) is 3. The van der Waals surface area contributed by atoms with Crippen molar-refractivity contribution in [2.75, 3.05) is 0 Å². The fraction of sp³-hybridized carbons (Fsp3) is 0.160. The average Bonchev–Trinajstić information content (AvgIpc) is 3.23. The lowest BCUT2D eigenvalue weighted by atomic mass is 9.97. The number of hydrogen-bond donors (Lipinski definition) is 1. The molecular formula is C25H21N3O2. The van der Waals surface area contributed by atoms with Gasteiger partial charge in [0.1, 0.15) is 0 Å². The highest BCUT2D eigenvalue weighted by molar-refractivity contribution is 5.93. The van der Waals surface area contributed by atoms with E-state index in [4.69, 9.17) is 0 Å². The minimum atomic E-state index is -0.228. The van der Waals surface area contributed by atoms with Crippen LogP contribution in [0.25, 0.3) is 22.0 Å². The second kappa shape index (κ2) is 7.26. The van der Waals surface area contributed by atoms with E-state index in [1.54, 1.807) is 6.07 Å². The molecule has 0 fully saturated rings. The second-order valence-electron chi connectivity index (χ2n) is 7.75. The topological polar surface area (TPSA) is 66.1 Å². The number of nitrogens with zero attached hydrogens (tertiary/aromatic N) is 2. The van der Waals surface area contributed by atoms with Gasteiger partial charge >= 0.3 is 0 Å². The number of H-pyrrole nitrogens is 1. The fourth-order valence-corrected chi connectivity index (χ4v) is 4.17. The van der Waals surface area contributed by atoms with Crippen molar-refractivity contribution >= 4 is 16.7 Å². The van der Waals surface area contributed by atoms with Gasteiger partial charge < -0.3 is 4.90 Å². The van der Waals surface area contributed by atoms with E-state index in [-0.39, 0.29) is 17.4 Å². The molecule has 148 valence electrons. The second-order valence-corrected chi connectivity index (χ2v) is 7.75. The number of aromatic nitrogens is 2. The first kappa shape index (κ1) is 18.3. The highest BCUT2D eigenvalue weighted by Crippen LogP contribution is 2.29. The molecule has 4 aromatic rings. The first-order valence-electron chi connectivity index (χ1n) is 10.0. The maximum Gasteiger partial charge on any atom is 0.272 e. The molecule has 5 heteroatoms. The molecule has 0 aliphatic carbocycles. The van der Waals surface area contributed by atoms with Crippen LogP contribution in [-0.4, -0.2) is 21.0 Å². The number of rotatable bonds is 3. The Bertz CT molecular complexity index is 1280. The summed E-state index contributed by atoms with van der Waals surface area (Å²) >= 11 is 0. The van der Waals surface area contributed by atoms with E-state index in [2.05, 4.69) is 22.3 Å². The molecule has 0 saturated carbocycles. The van der Waals surface area contributed by atoms with E-state index in [0.29, 0.717) is 18.5 Å². The Morgan fingerprint density at radius 3 is 2.17 bits per heavy atom. The number of carbonyl (C=O) groups is 1.